The summed E-state index contributed by atoms with van der Waals surface area (Å²) in [7, 11) is 0. The van der Waals surface area contributed by atoms with Crippen molar-refractivity contribution < 1.29 is 41.7 Å². The third-order valence-corrected chi connectivity index (χ3v) is 5.25. The molecule has 0 saturated heterocycles. The molecule has 8 nitrogen and oxygen atoms in total. The smallest absolute Gasteiger partial charge is 0.426 e. The number of carbonyl (C=O) groups is 2. The summed E-state index contributed by atoms with van der Waals surface area (Å²) in [6, 6.07) is 15.2. The van der Waals surface area contributed by atoms with Gasteiger partial charge in [-0.05, 0) is 66.2 Å². The van der Waals surface area contributed by atoms with E-state index in [0.717, 1.165) is 0 Å². The van der Waals surface area contributed by atoms with Crippen LogP contribution in [0.1, 0.15) is 34.3 Å². The number of carbonyl (C=O) groups excluding carboxylic acids is 2. The van der Waals surface area contributed by atoms with E-state index in [1.54, 1.807) is 0 Å². The highest BCUT2D eigenvalue weighted by molar-refractivity contribution is 5.91. The van der Waals surface area contributed by atoms with E-state index in [9.17, 15) is 22.8 Å². The Kier molecular flexibility index (Phi) is 10.8. The van der Waals surface area contributed by atoms with Crippen LogP contribution in [0.2, 0.25) is 0 Å². The average molecular weight is 559 g/mol. The highest BCUT2D eigenvalue weighted by Crippen LogP contribution is 2.32. The Morgan fingerprint density at radius 1 is 0.800 bits per heavy atom. The van der Waals surface area contributed by atoms with E-state index in [4.69, 9.17) is 30.4 Å². The molecule has 3 rings (SSSR count). The van der Waals surface area contributed by atoms with Gasteiger partial charge in [0.25, 0.3) is 0 Å². The van der Waals surface area contributed by atoms with Gasteiger partial charge in [-0.15, -0.1) is 0 Å². The molecule has 0 unspecified atom stereocenters. The van der Waals surface area contributed by atoms with Crippen molar-refractivity contribution in [3.05, 3.63) is 89.5 Å². The zero-order valence-electron chi connectivity index (χ0n) is 21.5. The lowest BCUT2D eigenvalue weighted by molar-refractivity contribution is -0.185. The first-order chi connectivity index (χ1) is 19.2. The van der Waals surface area contributed by atoms with Gasteiger partial charge in [0.15, 0.2) is 0 Å². The molecule has 0 aliphatic heterocycles. The lowest BCUT2D eigenvalue weighted by atomic mass is 10.2. The Morgan fingerprint density at radius 2 is 1.43 bits per heavy atom. The zero-order valence-corrected chi connectivity index (χ0v) is 21.5. The number of anilines is 2. The van der Waals surface area contributed by atoms with Gasteiger partial charge in [-0.2, -0.15) is 8.78 Å². The van der Waals surface area contributed by atoms with Crippen molar-refractivity contribution in [3.8, 4) is 11.5 Å². The molecular formula is C29H29F3N2O6. The Hall–Kier alpha value is -4.67. The molecule has 3 aromatic rings. The second kappa shape index (κ2) is 14.5. The minimum atomic E-state index is -3.60. The third kappa shape index (κ3) is 9.57. The fourth-order valence-corrected chi connectivity index (χ4v) is 3.33. The zero-order chi connectivity index (χ0) is 29.0. The van der Waals surface area contributed by atoms with Crippen LogP contribution in [-0.2, 0) is 20.4 Å². The SMILES string of the molecule is Nc1cc(N)cc(C(=O)OCCCOC(=O)/C=C/c2ccc(OC(F)(F)c3ccc(OCCCF)cc3)cc2)c1. The lowest BCUT2D eigenvalue weighted by Gasteiger charge is -2.18. The molecule has 4 N–H and O–H groups in total. The first-order valence-corrected chi connectivity index (χ1v) is 12.3. The number of alkyl halides is 3. The molecule has 0 atom stereocenters. The molecule has 0 radical (unpaired) electrons. The maximum absolute atomic E-state index is 14.5. The highest BCUT2D eigenvalue weighted by Gasteiger charge is 2.34. The summed E-state index contributed by atoms with van der Waals surface area (Å²) in [5, 5.41) is 0. The standard InChI is InChI=1S/C29H29F3N2O6/c30-13-1-14-37-25-10-6-22(7-11-25)29(31,32)40-26-8-3-20(4-9-26)5-12-27(35)38-15-2-16-39-28(36)21-17-23(33)19-24(34)18-21/h3-12,17-19H,1-2,13-16,33-34H2/b12-5+. The van der Waals surface area contributed by atoms with Gasteiger partial charge in [-0.3, -0.25) is 4.39 Å². The molecule has 0 aliphatic carbocycles. The van der Waals surface area contributed by atoms with Crippen molar-refractivity contribution in [3.63, 3.8) is 0 Å². The van der Waals surface area contributed by atoms with Crippen molar-refractivity contribution in [2.24, 2.45) is 0 Å². The van der Waals surface area contributed by atoms with Crippen LogP contribution in [0.5, 0.6) is 11.5 Å². The number of esters is 2. The summed E-state index contributed by atoms with van der Waals surface area (Å²) in [4.78, 5) is 23.9. The predicted molar refractivity (Wildman–Crippen MR) is 144 cm³/mol. The van der Waals surface area contributed by atoms with Crippen molar-refractivity contribution in [1.29, 1.82) is 0 Å². The van der Waals surface area contributed by atoms with Crippen molar-refractivity contribution in [1.82, 2.24) is 0 Å². The predicted octanol–water partition coefficient (Wildman–Crippen LogP) is 5.52. The van der Waals surface area contributed by atoms with E-state index in [1.807, 2.05) is 0 Å². The summed E-state index contributed by atoms with van der Waals surface area (Å²) in [6.07, 6.45) is -0.471. The van der Waals surface area contributed by atoms with Crippen LogP contribution >= 0.6 is 0 Å². The Bertz CT molecular complexity index is 1280. The third-order valence-electron chi connectivity index (χ3n) is 5.25. The Morgan fingerprint density at radius 3 is 2.08 bits per heavy atom. The van der Waals surface area contributed by atoms with Crippen LogP contribution in [0, 0.1) is 0 Å². The quantitative estimate of drug-likeness (QED) is 0.115. The highest BCUT2D eigenvalue weighted by atomic mass is 19.3. The van der Waals surface area contributed by atoms with E-state index >= 15 is 0 Å². The first kappa shape index (κ1) is 29.9. The average Bonchev–Trinajstić information content (AvgIpc) is 2.92. The summed E-state index contributed by atoms with van der Waals surface area (Å²) in [5.74, 6) is -0.946. The largest absolute Gasteiger partial charge is 0.494 e. The van der Waals surface area contributed by atoms with Crippen LogP contribution < -0.4 is 20.9 Å². The molecule has 212 valence electrons. The van der Waals surface area contributed by atoms with E-state index in [2.05, 4.69) is 0 Å². The first-order valence-electron chi connectivity index (χ1n) is 12.3. The number of nitrogen functional groups attached to an aromatic ring is 2. The number of benzene rings is 3. The minimum absolute atomic E-state index is 0.0160. The van der Waals surface area contributed by atoms with Crippen molar-refractivity contribution >= 4 is 29.4 Å². The number of hydrogen-bond acceptors (Lipinski definition) is 8. The molecule has 0 saturated carbocycles. The summed E-state index contributed by atoms with van der Waals surface area (Å²) in [6.45, 7) is -0.329. The molecule has 0 spiro atoms. The molecule has 3 aromatic carbocycles. The molecular weight excluding hydrogens is 529 g/mol. The van der Waals surface area contributed by atoms with Gasteiger partial charge in [-0.25, -0.2) is 9.59 Å². The number of hydrogen-bond donors (Lipinski definition) is 2. The number of nitrogens with two attached hydrogens (primary N) is 2. The number of halogens is 3. The normalized spacial score (nSPS) is 11.3. The van der Waals surface area contributed by atoms with Gasteiger partial charge in [0, 0.05) is 30.3 Å². The van der Waals surface area contributed by atoms with Crippen LogP contribution in [-0.4, -0.2) is 38.4 Å². The van der Waals surface area contributed by atoms with E-state index in [0.29, 0.717) is 22.7 Å². The Balaban J connectivity index is 1.40. The summed E-state index contributed by atoms with van der Waals surface area (Å²) in [5.41, 5.74) is 12.4. The number of rotatable bonds is 14. The fraction of sp³-hybridized carbons (Fsp3) is 0.241. The van der Waals surface area contributed by atoms with E-state index in [-0.39, 0.29) is 49.5 Å². The monoisotopic (exact) mass is 558 g/mol. The van der Waals surface area contributed by atoms with Crippen LogP contribution in [0.25, 0.3) is 6.08 Å². The molecule has 11 heteroatoms. The van der Waals surface area contributed by atoms with E-state index < -0.39 is 24.7 Å². The van der Waals surface area contributed by atoms with Gasteiger partial charge in [0.2, 0.25) is 0 Å². The second-order valence-corrected chi connectivity index (χ2v) is 8.48. The van der Waals surface area contributed by atoms with Crippen LogP contribution in [0.4, 0.5) is 24.5 Å². The molecule has 0 bridgehead atoms. The maximum Gasteiger partial charge on any atom is 0.426 e. The lowest BCUT2D eigenvalue weighted by Crippen LogP contribution is -2.21. The van der Waals surface area contributed by atoms with Crippen LogP contribution in [0.15, 0.2) is 72.8 Å². The molecule has 40 heavy (non-hydrogen) atoms. The summed E-state index contributed by atoms with van der Waals surface area (Å²) < 4.78 is 61.5. The molecule has 0 aliphatic rings. The second-order valence-electron chi connectivity index (χ2n) is 8.48. The minimum Gasteiger partial charge on any atom is -0.494 e. The molecule has 0 aromatic heterocycles. The molecule has 0 heterocycles. The van der Waals surface area contributed by atoms with Gasteiger partial charge < -0.3 is 30.4 Å². The molecule has 0 fully saturated rings. The summed E-state index contributed by atoms with van der Waals surface area (Å²) >= 11 is 0. The maximum atomic E-state index is 14.5. The number of ether oxygens (including phenoxy) is 4. The molecule has 0 amide bonds. The van der Waals surface area contributed by atoms with Gasteiger partial charge >= 0.3 is 18.0 Å². The van der Waals surface area contributed by atoms with Crippen LogP contribution in [0.3, 0.4) is 0 Å². The fourth-order valence-electron chi connectivity index (χ4n) is 3.33. The Labute approximate surface area is 229 Å². The van der Waals surface area contributed by atoms with E-state index in [1.165, 1.54) is 78.9 Å². The van der Waals surface area contributed by atoms with Gasteiger partial charge in [0.05, 0.1) is 37.6 Å². The van der Waals surface area contributed by atoms with Gasteiger partial charge in [0.1, 0.15) is 11.5 Å². The topological polar surface area (TPSA) is 123 Å². The van der Waals surface area contributed by atoms with Crippen molar-refractivity contribution in [2.75, 3.05) is 38.0 Å². The van der Waals surface area contributed by atoms with Crippen molar-refractivity contribution in [2.45, 2.75) is 19.0 Å². The van der Waals surface area contributed by atoms with Gasteiger partial charge in [-0.1, -0.05) is 12.1 Å².